The summed E-state index contributed by atoms with van der Waals surface area (Å²) < 4.78 is 0. The number of nitrogens with zero attached hydrogens (tertiary/aromatic N) is 1. The Balaban J connectivity index is 2.03. The van der Waals surface area contributed by atoms with Gasteiger partial charge >= 0.3 is 0 Å². The minimum atomic E-state index is 0.508. The Hall–Kier alpha value is -1.00. The average molecular weight is 263 g/mol. The minimum Gasteiger partial charge on any atom is -0.333 e. The topological polar surface area (TPSA) is 40.7 Å². The molecule has 2 N–H and O–H groups in total. The van der Waals surface area contributed by atoms with Crippen molar-refractivity contribution in [3.05, 3.63) is 23.8 Å². The molecule has 1 atom stereocenters. The standard InChI is InChI=1S/C14H21N3S/c1-9(2)15-8-11(4)18-14-16-12-6-5-10(3)7-13(12)17-14/h5-7,9,11,15H,8H2,1-4H3,(H,16,17). The molecule has 0 saturated heterocycles. The van der Waals surface area contributed by atoms with Crippen molar-refractivity contribution >= 4 is 22.8 Å². The van der Waals surface area contributed by atoms with E-state index in [-0.39, 0.29) is 0 Å². The number of aryl methyl sites for hydroxylation is 1. The number of H-pyrrole nitrogens is 1. The van der Waals surface area contributed by atoms with Crippen LogP contribution in [0.4, 0.5) is 0 Å². The van der Waals surface area contributed by atoms with Gasteiger partial charge in [-0.2, -0.15) is 0 Å². The molecule has 18 heavy (non-hydrogen) atoms. The molecule has 0 fully saturated rings. The van der Waals surface area contributed by atoms with E-state index < -0.39 is 0 Å². The van der Waals surface area contributed by atoms with Crippen LogP contribution in [0.1, 0.15) is 26.3 Å². The fraction of sp³-hybridized carbons (Fsp3) is 0.500. The van der Waals surface area contributed by atoms with Crippen molar-refractivity contribution in [3.8, 4) is 0 Å². The molecule has 1 aromatic carbocycles. The molecule has 0 aliphatic rings. The molecule has 4 heteroatoms. The van der Waals surface area contributed by atoms with E-state index in [1.54, 1.807) is 11.8 Å². The predicted octanol–water partition coefficient (Wildman–Crippen LogP) is 3.35. The summed E-state index contributed by atoms with van der Waals surface area (Å²) in [7, 11) is 0. The van der Waals surface area contributed by atoms with E-state index >= 15 is 0 Å². The Labute approximate surface area is 113 Å². The fourth-order valence-electron chi connectivity index (χ4n) is 1.79. The summed E-state index contributed by atoms with van der Waals surface area (Å²) in [5.41, 5.74) is 3.44. The van der Waals surface area contributed by atoms with Gasteiger partial charge < -0.3 is 10.3 Å². The van der Waals surface area contributed by atoms with E-state index in [1.807, 2.05) is 0 Å². The first-order valence-electron chi connectivity index (χ1n) is 6.41. The Kier molecular flexibility index (Phi) is 4.30. The van der Waals surface area contributed by atoms with Gasteiger partial charge in [0.25, 0.3) is 0 Å². The fourth-order valence-corrected chi connectivity index (χ4v) is 2.67. The number of nitrogens with one attached hydrogen (secondary N) is 2. The molecule has 1 aromatic heterocycles. The van der Waals surface area contributed by atoms with Gasteiger partial charge in [-0.1, -0.05) is 38.6 Å². The van der Waals surface area contributed by atoms with E-state index in [1.165, 1.54) is 5.56 Å². The maximum absolute atomic E-state index is 4.60. The first-order valence-corrected chi connectivity index (χ1v) is 7.29. The van der Waals surface area contributed by atoms with Gasteiger partial charge in [0.15, 0.2) is 5.16 Å². The van der Waals surface area contributed by atoms with Crippen LogP contribution in [0.5, 0.6) is 0 Å². The van der Waals surface area contributed by atoms with E-state index in [2.05, 4.69) is 61.2 Å². The number of fused-ring (bicyclic) bond motifs is 1. The van der Waals surface area contributed by atoms with Gasteiger partial charge in [-0.15, -0.1) is 0 Å². The molecule has 0 aliphatic carbocycles. The largest absolute Gasteiger partial charge is 0.333 e. The number of benzene rings is 1. The van der Waals surface area contributed by atoms with Crippen molar-refractivity contribution in [1.29, 1.82) is 0 Å². The summed E-state index contributed by atoms with van der Waals surface area (Å²) in [6, 6.07) is 6.85. The Morgan fingerprint density at radius 3 is 2.83 bits per heavy atom. The zero-order chi connectivity index (χ0) is 13.1. The molecule has 1 unspecified atom stereocenters. The lowest BCUT2D eigenvalue weighted by molar-refractivity contribution is 0.589. The van der Waals surface area contributed by atoms with Crippen molar-refractivity contribution < 1.29 is 0 Å². The molecule has 0 bridgehead atoms. The monoisotopic (exact) mass is 263 g/mol. The highest BCUT2D eigenvalue weighted by molar-refractivity contribution is 7.99. The number of thioether (sulfide) groups is 1. The lowest BCUT2D eigenvalue weighted by atomic mass is 10.2. The molecule has 0 amide bonds. The van der Waals surface area contributed by atoms with Crippen LogP contribution in [0.2, 0.25) is 0 Å². The van der Waals surface area contributed by atoms with Crippen molar-refractivity contribution in [2.24, 2.45) is 0 Å². The summed E-state index contributed by atoms with van der Waals surface area (Å²) in [5, 5.41) is 4.96. The summed E-state index contributed by atoms with van der Waals surface area (Å²) >= 11 is 1.79. The highest BCUT2D eigenvalue weighted by atomic mass is 32.2. The molecule has 98 valence electrons. The van der Waals surface area contributed by atoms with Gasteiger partial charge in [0.05, 0.1) is 11.0 Å². The predicted molar refractivity (Wildman–Crippen MR) is 79.3 cm³/mol. The highest BCUT2D eigenvalue weighted by Crippen LogP contribution is 2.23. The molecule has 1 heterocycles. The SMILES string of the molecule is Cc1ccc2nc(SC(C)CNC(C)C)[nH]c2c1. The second kappa shape index (κ2) is 5.76. The lowest BCUT2D eigenvalue weighted by Crippen LogP contribution is -2.29. The summed E-state index contributed by atoms with van der Waals surface area (Å²) in [6.45, 7) is 9.65. The van der Waals surface area contributed by atoms with E-state index in [4.69, 9.17) is 0 Å². The van der Waals surface area contributed by atoms with E-state index in [9.17, 15) is 0 Å². The van der Waals surface area contributed by atoms with Gasteiger partial charge in [0.1, 0.15) is 0 Å². The number of hydrogen-bond acceptors (Lipinski definition) is 3. The molecule has 0 saturated carbocycles. The molecule has 0 radical (unpaired) electrons. The Morgan fingerprint density at radius 1 is 1.33 bits per heavy atom. The third kappa shape index (κ3) is 3.50. The number of aromatic nitrogens is 2. The summed E-state index contributed by atoms with van der Waals surface area (Å²) in [5.74, 6) is 0. The first-order chi connectivity index (χ1) is 8.54. The summed E-state index contributed by atoms with van der Waals surface area (Å²) in [4.78, 5) is 7.98. The average Bonchev–Trinajstić information content (AvgIpc) is 2.67. The van der Waals surface area contributed by atoms with Gasteiger partial charge in [-0.3, -0.25) is 0 Å². The highest BCUT2D eigenvalue weighted by Gasteiger charge is 2.09. The maximum atomic E-state index is 4.60. The molecule has 3 nitrogen and oxygen atoms in total. The van der Waals surface area contributed by atoms with E-state index in [0.717, 1.165) is 22.7 Å². The third-order valence-corrected chi connectivity index (χ3v) is 3.73. The van der Waals surface area contributed by atoms with Crippen LogP contribution >= 0.6 is 11.8 Å². The number of imidazole rings is 1. The van der Waals surface area contributed by atoms with Crippen LogP contribution in [0, 0.1) is 6.92 Å². The maximum Gasteiger partial charge on any atom is 0.166 e. The molecular weight excluding hydrogens is 242 g/mol. The van der Waals surface area contributed by atoms with Crippen LogP contribution in [0.25, 0.3) is 11.0 Å². The van der Waals surface area contributed by atoms with Crippen LogP contribution in [-0.2, 0) is 0 Å². The third-order valence-electron chi connectivity index (χ3n) is 2.74. The normalized spacial score (nSPS) is 13.4. The Morgan fingerprint density at radius 2 is 2.11 bits per heavy atom. The summed E-state index contributed by atoms with van der Waals surface area (Å²) in [6.07, 6.45) is 0. The van der Waals surface area contributed by atoms with Crippen molar-refractivity contribution in [1.82, 2.24) is 15.3 Å². The van der Waals surface area contributed by atoms with Gasteiger partial charge in [-0.25, -0.2) is 4.98 Å². The number of rotatable bonds is 5. The number of aromatic amines is 1. The second-order valence-electron chi connectivity index (χ2n) is 5.05. The van der Waals surface area contributed by atoms with Crippen molar-refractivity contribution in [2.45, 2.75) is 44.1 Å². The van der Waals surface area contributed by atoms with Crippen LogP contribution in [0.3, 0.4) is 0 Å². The first kappa shape index (κ1) is 13.4. The van der Waals surface area contributed by atoms with Gasteiger partial charge in [0.2, 0.25) is 0 Å². The van der Waals surface area contributed by atoms with Crippen LogP contribution < -0.4 is 5.32 Å². The van der Waals surface area contributed by atoms with Gasteiger partial charge in [-0.05, 0) is 24.6 Å². The molecule has 0 aliphatic heterocycles. The van der Waals surface area contributed by atoms with Crippen LogP contribution in [0.15, 0.2) is 23.4 Å². The molecular formula is C14H21N3S. The lowest BCUT2D eigenvalue weighted by Gasteiger charge is -2.12. The Bertz CT molecular complexity index is 519. The van der Waals surface area contributed by atoms with Crippen molar-refractivity contribution in [2.75, 3.05) is 6.54 Å². The zero-order valence-corrected chi connectivity index (χ0v) is 12.3. The molecule has 2 aromatic rings. The zero-order valence-electron chi connectivity index (χ0n) is 11.4. The smallest absolute Gasteiger partial charge is 0.166 e. The number of hydrogen-bond donors (Lipinski definition) is 2. The van der Waals surface area contributed by atoms with E-state index in [0.29, 0.717) is 11.3 Å². The minimum absolute atomic E-state index is 0.508. The second-order valence-corrected chi connectivity index (χ2v) is 6.48. The molecule has 0 spiro atoms. The van der Waals surface area contributed by atoms with Crippen LogP contribution in [-0.4, -0.2) is 27.8 Å². The molecule has 2 rings (SSSR count). The quantitative estimate of drug-likeness (QED) is 0.813. The van der Waals surface area contributed by atoms with Crippen molar-refractivity contribution in [3.63, 3.8) is 0 Å². The van der Waals surface area contributed by atoms with Gasteiger partial charge in [0, 0.05) is 17.8 Å².